The second-order valence-electron chi connectivity index (χ2n) is 7.41. The minimum Gasteiger partial charge on any atom is -0.494 e. The van der Waals surface area contributed by atoms with Crippen LogP contribution in [-0.2, 0) is 5.41 Å². The van der Waals surface area contributed by atoms with Crippen molar-refractivity contribution < 1.29 is 9.84 Å². The normalized spacial score (nSPS) is 17.6. The van der Waals surface area contributed by atoms with Gasteiger partial charge in [-0.3, -0.25) is 0 Å². The van der Waals surface area contributed by atoms with Crippen molar-refractivity contribution in [2.75, 3.05) is 26.2 Å². The lowest BCUT2D eigenvalue weighted by Gasteiger charge is -2.29. The predicted octanol–water partition coefficient (Wildman–Crippen LogP) is 3.60. The van der Waals surface area contributed by atoms with Gasteiger partial charge in [-0.1, -0.05) is 32.9 Å². The van der Waals surface area contributed by atoms with Crippen LogP contribution in [-0.4, -0.2) is 42.4 Å². The van der Waals surface area contributed by atoms with Crippen LogP contribution in [0.3, 0.4) is 0 Å². The minimum absolute atomic E-state index is 0.0744. The Bertz CT molecular complexity index is 445. The van der Waals surface area contributed by atoms with E-state index in [1.54, 1.807) is 0 Å². The molecule has 124 valence electrons. The zero-order valence-electron chi connectivity index (χ0n) is 14.3. The van der Waals surface area contributed by atoms with Crippen LogP contribution in [0, 0.1) is 0 Å². The number of hydrogen-bond donors (Lipinski definition) is 1. The number of ether oxygens (including phenoxy) is 1. The van der Waals surface area contributed by atoms with Crippen molar-refractivity contribution in [1.82, 2.24) is 4.90 Å². The molecule has 2 rings (SSSR count). The van der Waals surface area contributed by atoms with E-state index in [-0.39, 0.29) is 11.5 Å². The number of rotatable bonds is 6. The van der Waals surface area contributed by atoms with Crippen LogP contribution in [0.1, 0.15) is 52.0 Å². The van der Waals surface area contributed by atoms with Crippen LogP contribution in [0.25, 0.3) is 0 Å². The van der Waals surface area contributed by atoms with Crippen molar-refractivity contribution >= 4 is 0 Å². The van der Waals surface area contributed by atoms with E-state index in [1.165, 1.54) is 5.56 Å². The van der Waals surface area contributed by atoms with E-state index < -0.39 is 0 Å². The maximum atomic E-state index is 9.50. The van der Waals surface area contributed by atoms with Crippen molar-refractivity contribution in [2.24, 2.45) is 0 Å². The molecule has 1 aliphatic heterocycles. The molecule has 1 aromatic carbocycles. The Labute approximate surface area is 135 Å². The first-order chi connectivity index (χ1) is 10.4. The lowest BCUT2D eigenvalue weighted by molar-refractivity contribution is 0.0812. The first kappa shape index (κ1) is 17.3. The molecule has 1 saturated heterocycles. The van der Waals surface area contributed by atoms with Gasteiger partial charge in [0.15, 0.2) is 0 Å². The Morgan fingerprint density at radius 3 is 2.59 bits per heavy atom. The molecule has 0 aliphatic carbocycles. The average molecular weight is 305 g/mol. The van der Waals surface area contributed by atoms with E-state index in [2.05, 4.69) is 43.9 Å². The topological polar surface area (TPSA) is 32.7 Å². The van der Waals surface area contributed by atoms with Gasteiger partial charge in [-0.15, -0.1) is 0 Å². The molecule has 0 atom stereocenters. The van der Waals surface area contributed by atoms with Crippen molar-refractivity contribution in [3.63, 3.8) is 0 Å². The highest BCUT2D eigenvalue weighted by Gasteiger charge is 2.16. The Hall–Kier alpha value is -1.06. The summed E-state index contributed by atoms with van der Waals surface area (Å²) in [6.07, 6.45) is 4.02. The summed E-state index contributed by atoms with van der Waals surface area (Å²) < 4.78 is 5.89. The number of piperidine rings is 1. The largest absolute Gasteiger partial charge is 0.494 e. The standard InChI is InChI=1S/C19H31NO2/c1-19(2,3)16-7-6-8-18(15-16)22-14-5-4-11-20-12-9-17(21)10-13-20/h6-8,15,17,21H,4-5,9-14H2,1-3H3. The van der Waals surface area contributed by atoms with Gasteiger partial charge in [-0.2, -0.15) is 0 Å². The molecule has 1 aliphatic rings. The summed E-state index contributed by atoms with van der Waals surface area (Å²) >= 11 is 0. The van der Waals surface area contributed by atoms with E-state index in [0.29, 0.717) is 0 Å². The number of hydrogen-bond acceptors (Lipinski definition) is 3. The minimum atomic E-state index is -0.0744. The summed E-state index contributed by atoms with van der Waals surface area (Å²) in [5.41, 5.74) is 1.48. The molecule has 0 radical (unpaired) electrons. The third-order valence-corrected chi connectivity index (χ3v) is 4.39. The van der Waals surface area contributed by atoms with Crippen LogP contribution in [0.4, 0.5) is 0 Å². The van der Waals surface area contributed by atoms with Gasteiger partial charge in [0.05, 0.1) is 12.7 Å². The highest BCUT2D eigenvalue weighted by molar-refractivity contribution is 5.32. The van der Waals surface area contributed by atoms with Crippen molar-refractivity contribution in [3.8, 4) is 5.75 Å². The third kappa shape index (κ3) is 5.62. The van der Waals surface area contributed by atoms with Crippen molar-refractivity contribution in [3.05, 3.63) is 29.8 Å². The fourth-order valence-corrected chi connectivity index (χ4v) is 2.82. The molecule has 1 heterocycles. The monoisotopic (exact) mass is 305 g/mol. The van der Waals surface area contributed by atoms with Gasteiger partial charge >= 0.3 is 0 Å². The second-order valence-corrected chi connectivity index (χ2v) is 7.41. The number of likely N-dealkylation sites (tertiary alicyclic amines) is 1. The van der Waals surface area contributed by atoms with Gasteiger partial charge < -0.3 is 14.7 Å². The highest BCUT2D eigenvalue weighted by Crippen LogP contribution is 2.25. The number of nitrogens with zero attached hydrogens (tertiary/aromatic N) is 1. The summed E-state index contributed by atoms with van der Waals surface area (Å²) in [7, 11) is 0. The lowest BCUT2D eigenvalue weighted by atomic mass is 9.87. The third-order valence-electron chi connectivity index (χ3n) is 4.39. The molecule has 0 saturated carbocycles. The van der Waals surface area contributed by atoms with Gasteiger partial charge in [0, 0.05) is 13.1 Å². The molecule has 0 unspecified atom stereocenters. The van der Waals surface area contributed by atoms with E-state index in [4.69, 9.17) is 4.74 Å². The number of unbranched alkanes of at least 4 members (excludes halogenated alkanes) is 1. The number of aliphatic hydroxyl groups excluding tert-OH is 1. The first-order valence-corrected chi connectivity index (χ1v) is 8.59. The van der Waals surface area contributed by atoms with E-state index in [1.807, 2.05) is 6.07 Å². The fourth-order valence-electron chi connectivity index (χ4n) is 2.82. The molecule has 3 nitrogen and oxygen atoms in total. The molecule has 3 heteroatoms. The summed E-state index contributed by atoms with van der Waals surface area (Å²) in [5.74, 6) is 0.980. The molecule has 0 spiro atoms. The zero-order valence-corrected chi connectivity index (χ0v) is 14.3. The van der Waals surface area contributed by atoms with Gasteiger partial charge in [0.1, 0.15) is 5.75 Å². The molecule has 1 aromatic rings. The van der Waals surface area contributed by atoms with Crippen molar-refractivity contribution in [2.45, 2.75) is 58.0 Å². The molecular formula is C19H31NO2. The maximum Gasteiger partial charge on any atom is 0.119 e. The molecule has 22 heavy (non-hydrogen) atoms. The number of benzene rings is 1. The van der Waals surface area contributed by atoms with Crippen molar-refractivity contribution in [1.29, 1.82) is 0 Å². The van der Waals surface area contributed by atoms with Gasteiger partial charge in [0.25, 0.3) is 0 Å². The smallest absolute Gasteiger partial charge is 0.119 e. The van der Waals surface area contributed by atoms with Crippen LogP contribution < -0.4 is 4.74 Å². The summed E-state index contributed by atoms with van der Waals surface area (Å²) in [5, 5.41) is 9.50. The Morgan fingerprint density at radius 1 is 1.18 bits per heavy atom. The molecule has 0 aromatic heterocycles. The predicted molar refractivity (Wildman–Crippen MR) is 91.6 cm³/mol. The summed E-state index contributed by atoms with van der Waals surface area (Å²) in [6, 6.07) is 8.44. The average Bonchev–Trinajstić information content (AvgIpc) is 2.48. The molecular weight excluding hydrogens is 274 g/mol. The van der Waals surface area contributed by atoms with Crippen LogP contribution in [0.15, 0.2) is 24.3 Å². The SMILES string of the molecule is CC(C)(C)c1cccc(OCCCCN2CCC(O)CC2)c1. The highest BCUT2D eigenvalue weighted by atomic mass is 16.5. The van der Waals surface area contributed by atoms with E-state index in [9.17, 15) is 5.11 Å². The second kappa shape index (κ2) is 7.98. The lowest BCUT2D eigenvalue weighted by Crippen LogP contribution is -2.36. The molecule has 0 amide bonds. The van der Waals surface area contributed by atoms with Gasteiger partial charge in [0.2, 0.25) is 0 Å². The van der Waals surface area contributed by atoms with E-state index >= 15 is 0 Å². The Kier molecular flexibility index (Phi) is 6.27. The molecule has 0 bridgehead atoms. The van der Waals surface area contributed by atoms with Crippen LogP contribution in [0.5, 0.6) is 5.75 Å². The van der Waals surface area contributed by atoms with Crippen LogP contribution >= 0.6 is 0 Å². The first-order valence-electron chi connectivity index (χ1n) is 8.59. The quantitative estimate of drug-likeness (QED) is 0.815. The molecule has 1 N–H and O–H groups in total. The number of aliphatic hydroxyl groups is 1. The summed E-state index contributed by atoms with van der Waals surface area (Å²) in [6.45, 7) is 10.7. The maximum absolute atomic E-state index is 9.50. The van der Waals surface area contributed by atoms with Gasteiger partial charge in [-0.05, 0) is 55.3 Å². The Balaban J connectivity index is 1.64. The van der Waals surface area contributed by atoms with E-state index in [0.717, 1.165) is 57.7 Å². The van der Waals surface area contributed by atoms with Gasteiger partial charge in [-0.25, -0.2) is 0 Å². The Morgan fingerprint density at radius 2 is 1.91 bits per heavy atom. The zero-order chi connectivity index (χ0) is 16.0. The fraction of sp³-hybridized carbons (Fsp3) is 0.684. The van der Waals surface area contributed by atoms with Crippen LogP contribution in [0.2, 0.25) is 0 Å². The molecule has 1 fully saturated rings. The summed E-state index contributed by atoms with van der Waals surface area (Å²) in [4.78, 5) is 2.45.